The average Bonchev–Trinajstić information content (AvgIpc) is 2.82. The van der Waals surface area contributed by atoms with Crippen LogP contribution in [0.25, 0.3) is 10.2 Å². The van der Waals surface area contributed by atoms with Crippen LogP contribution in [-0.2, 0) is 0 Å². The number of hydrogen-bond donors (Lipinski definition) is 2. The van der Waals surface area contributed by atoms with Crippen LogP contribution in [0.4, 0.5) is 5.82 Å². The maximum Gasteiger partial charge on any atom is 0.147 e. The SMILES string of the molecule is OCCCSCCNc1ncnc2ccsc12. The van der Waals surface area contributed by atoms with Crippen molar-refractivity contribution in [1.29, 1.82) is 0 Å². The summed E-state index contributed by atoms with van der Waals surface area (Å²) in [6.45, 7) is 1.17. The Balaban J connectivity index is 1.80. The zero-order valence-corrected chi connectivity index (χ0v) is 11.1. The summed E-state index contributed by atoms with van der Waals surface area (Å²) in [7, 11) is 0. The second-order valence-corrected chi connectivity index (χ2v) is 5.61. The van der Waals surface area contributed by atoms with Crippen molar-refractivity contribution in [3.63, 3.8) is 0 Å². The molecule has 0 atom stereocenters. The summed E-state index contributed by atoms with van der Waals surface area (Å²) in [5.41, 5.74) is 1.00. The van der Waals surface area contributed by atoms with Crippen LogP contribution in [-0.4, -0.2) is 39.7 Å². The van der Waals surface area contributed by atoms with Crippen LogP contribution in [0.1, 0.15) is 6.42 Å². The van der Waals surface area contributed by atoms with E-state index in [0.717, 1.165) is 40.5 Å². The highest BCUT2D eigenvalue weighted by Gasteiger charge is 2.03. The number of thioether (sulfide) groups is 1. The quantitative estimate of drug-likeness (QED) is 0.755. The Morgan fingerprint density at radius 1 is 1.35 bits per heavy atom. The Morgan fingerprint density at radius 3 is 3.18 bits per heavy atom. The van der Waals surface area contributed by atoms with Crippen LogP contribution in [0.2, 0.25) is 0 Å². The number of thiophene rings is 1. The molecule has 2 N–H and O–H groups in total. The van der Waals surface area contributed by atoms with E-state index in [1.165, 1.54) is 0 Å². The summed E-state index contributed by atoms with van der Waals surface area (Å²) < 4.78 is 1.12. The summed E-state index contributed by atoms with van der Waals surface area (Å²) >= 11 is 3.50. The van der Waals surface area contributed by atoms with Crippen LogP contribution in [0.5, 0.6) is 0 Å². The maximum absolute atomic E-state index is 8.65. The molecule has 2 heterocycles. The molecule has 0 aliphatic heterocycles. The largest absolute Gasteiger partial charge is 0.396 e. The first-order valence-electron chi connectivity index (χ1n) is 5.52. The second kappa shape index (κ2) is 6.78. The van der Waals surface area contributed by atoms with Crippen molar-refractivity contribution in [2.45, 2.75) is 6.42 Å². The molecule has 0 bridgehead atoms. The first-order chi connectivity index (χ1) is 8.42. The van der Waals surface area contributed by atoms with Crippen molar-refractivity contribution in [1.82, 2.24) is 9.97 Å². The van der Waals surface area contributed by atoms with Crippen molar-refractivity contribution < 1.29 is 5.11 Å². The van der Waals surface area contributed by atoms with Gasteiger partial charge in [-0.05, 0) is 23.6 Å². The molecular weight excluding hydrogens is 254 g/mol. The Bertz CT molecular complexity index is 461. The number of nitrogens with zero attached hydrogens (tertiary/aromatic N) is 2. The predicted molar refractivity (Wildman–Crippen MR) is 74.9 cm³/mol. The standard InChI is InChI=1S/C11H15N3OS2/c15-4-1-5-16-7-3-12-11-10-9(2-6-17-10)13-8-14-11/h2,6,8,15H,1,3-5,7H2,(H,12,13,14). The van der Waals surface area contributed by atoms with Gasteiger partial charge < -0.3 is 10.4 Å². The molecule has 0 saturated heterocycles. The third kappa shape index (κ3) is 3.55. The van der Waals surface area contributed by atoms with Crippen LogP contribution >= 0.6 is 23.1 Å². The van der Waals surface area contributed by atoms with E-state index in [0.29, 0.717) is 0 Å². The van der Waals surface area contributed by atoms with E-state index in [2.05, 4.69) is 15.3 Å². The first-order valence-corrected chi connectivity index (χ1v) is 7.56. The summed E-state index contributed by atoms with van der Waals surface area (Å²) in [5, 5.41) is 14.0. The second-order valence-electron chi connectivity index (χ2n) is 3.47. The van der Waals surface area contributed by atoms with E-state index in [1.807, 2.05) is 23.2 Å². The zero-order chi connectivity index (χ0) is 11.9. The van der Waals surface area contributed by atoms with Gasteiger partial charge in [0, 0.05) is 18.9 Å². The monoisotopic (exact) mass is 269 g/mol. The number of aromatic nitrogens is 2. The van der Waals surface area contributed by atoms with Crippen molar-refractivity contribution in [2.24, 2.45) is 0 Å². The molecule has 0 aliphatic carbocycles. The van der Waals surface area contributed by atoms with Gasteiger partial charge in [-0.25, -0.2) is 9.97 Å². The van der Waals surface area contributed by atoms with Gasteiger partial charge in [0.2, 0.25) is 0 Å². The van der Waals surface area contributed by atoms with E-state index in [1.54, 1.807) is 17.7 Å². The summed E-state index contributed by atoms with van der Waals surface area (Å²) in [5.74, 6) is 2.96. The topological polar surface area (TPSA) is 58.0 Å². The van der Waals surface area contributed by atoms with E-state index in [-0.39, 0.29) is 6.61 Å². The first kappa shape index (κ1) is 12.6. The molecule has 0 fully saturated rings. The molecule has 2 aromatic rings. The van der Waals surface area contributed by atoms with Gasteiger partial charge in [0.25, 0.3) is 0 Å². The van der Waals surface area contributed by atoms with Crippen LogP contribution in [0.3, 0.4) is 0 Å². The zero-order valence-electron chi connectivity index (χ0n) is 9.43. The van der Waals surface area contributed by atoms with Crippen LogP contribution in [0, 0.1) is 0 Å². The van der Waals surface area contributed by atoms with Gasteiger partial charge in [0.15, 0.2) is 0 Å². The number of anilines is 1. The fraction of sp³-hybridized carbons (Fsp3) is 0.455. The fourth-order valence-corrected chi connectivity index (χ4v) is 3.02. The molecule has 17 heavy (non-hydrogen) atoms. The minimum Gasteiger partial charge on any atom is -0.396 e. The minimum absolute atomic E-state index is 0.280. The number of aliphatic hydroxyl groups is 1. The molecule has 0 spiro atoms. The molecule has 6 heteroatoms. The Labute approximate surface area is 108 Å². The van der Waals surface area contributed by atoms with E-state index in [4.69, 9.17) is 5.11 Å². The highest BCUT2D eigenvalue weighted by atomic mass is 32.2. The maximum atomic E-state index is 8.65. The van der Waals surface area contributed by atoms with Crippen LogP contribution < -0.4 is 5.32 Å². The van der Waals surface area contributed by atoms with Gasteiger partial charge in [0.1, 0.15) is 12.1 Å². The van der Waals surface area contributed by atoms with Crippen molar-refractivity contribution in [3.8, 4) is 0 Å². The van der Waals surface area contributed by atoms with E-state index >= 15 is 0 Å². The molecule has 0 aromatic carbocycles. The Kier molecular flexibility index (Phi) is 5.03. The van der Waals surface area contributed by atoms with Gasteiger partial charge in [-0.1, -0.05) is 0 Å². The number of nitrogens with one attached hydrogen (secondary N) is 1. The van der Waals surface area contributed by atoms with Gasteiger partial charge >= 0.3 is 0 Å². The van der Waals surface area contributed by atoms with Gasteiger partial charge in [-0.2, -0.15) is 11.8 Å². The molecule has 4 nitrogen and oxygen atoms in total. The molecular formula is C11H15N3OS2. The molecule has 0 aliphatic rings. The van der Waals surface area contributed by atoms with Crippen molar-refractivity contribution in [3.05, 3.63) is 17.8 Å². The van der Waals surface area contributed by atoms with Gasteiger partial charge in [0.05, 0.1) is 10.2 Å². The minimum atomic E-state index is 0.280. The normalized spacial score (nSPS) is 10.9. The van der Waals surface area contributed by atoms with Crippen LogP contribution in [0.15, 0.2) is 17.8 Å². The fourth-order valence-electron chi connectivity index (χ4n) is 1.42. The molecule has 2 aromatic heterocycles. The smallest absolute Gasteiger partial charge is 0.147 e. The molecule has 0 unspecified atom stereocenters. The predicted octanol–water partition coefficient (Wildman–Crippen LogP) is 2.22. The summed E-state index contributed by atoms with van der Waals surface area (Å²) in [4.78, 5) is 8.45. The number of aliphatic hydroxyl groups excluding tert-OH is 1. The third-order valence-electron chi connectivity index (χ3n) is 2.23. The Hall–Kier alpha value is -0.850. The number of fused-ring (bicyclic) bond motifs is 1. The lowest BCUT2D eigenvalue weighted by molar-refractivity contribution is 0.296. The van der Waals surface area contributed by atoms with E-state index in [9.17, 15) is 0 Å². The molecule has 2 rings (SSSR count). The van der Waals surface area contributed by atoms with Gasteiger partial charge in [-0.15, -0.1) is 11.3 Å². The highest BCUT2D eigenvalue weighted by Crippen LogP contribution is 2.24. The lowest BCUT2D eigenvalue weighted by atomic mass is 10.4. The average molecular weight is 269 g/mol. The number of rotatable bonds is 7. The lowest BCUT2D eigenvalue weighted by Gasteiger charge is -2.05. The third-order valence-corrected chi connectivity index (χ3v) is 4.21. The summed E-state index contributed by atoms with van der Waals surface area (Å²) in [6, 6.07) is 2.00. The molecule has 0 saturated carbocycles. The molecule has 92 valence electrons. The van der Waals surface area contributed by atoms with Gasteiger partial charge in [-0.3, -0.25) is 0 Å². The Morgan fingerprint density at radius 2 is 2.29 bits per heavy atom. The van der Waals surface area contributed by atoms with E-state index < -0.39 is 0 Å². The molecule has 0 radical (unpaired) electrons. The highest BCUT2D eigenvalue weighted by molar-refractivity contribution is 7.99. The number of hydrogen-bond acceptors (Lipinski definition) is 6. The van der Waals surface area contributed by atoms with Crippen molar-refractivity contribution in [2.75, 3.05) is 30.0 Å². The lowest BCUT2D eigenvalue weighted by Crippen LogP contribution is -2.06. The molecule has 0 amide bonds. The van der Waals surface area contributed by atoms with Crippen molar-refractivity contribution >= 4 is 39.1 Å². The summed E-state index contributed by atoms with van der Waals surface area (Å²) in [6.07, 6.45) is 2.46.